The van der Waals surface area contributed by atoms with Gasteiger partial charge in [0, 0.05) is 11.9 Å². The van der Waals surface area contributed by atoms with E-state index in [0.717, 1.165) is 16.6 Å². The topological polar surface area (TPSA) is 79.4 Å². The fraction of sp³-hybridized carbons (Fsp3) is 0.111. The normalized spacial score (nSPS) is 10.9. The molecule has 4 aromatic rings. The first-order chi connectivity index (χ1) is 11.8. The van der Waals surface area contributed by atoms with E-state index in [4.69, 9.17) is 0 Å². The summed E-state index contributed by atoms with van der Waals surface area (Å²) in [6.45, 7) is 2.51. The van der Waals surface area contributed by atoms with Gasteiger partial charge < -0.3 is 5.32 Å². The molecule has 24 heavy (non-hydrogen) atoms. The lowest BCUT2D eigenvalue weighted by Gasteiger charge is -2.07. The molecule has 0 fully saturated rings. The lowest BCUT2D eigenvalue weighted by molar-refractivity contribution is 0.951. The minimum Gasteiger partial charge on any atom is -0.350 e. The number of rotatable bonds is 4. The zero-order valence-corrected chi connectivity index (χ0v) is 13.2. The van der Waals surface area contributed by atoms with Crippen LogP contribution in [-0.2, 0) is 6.54 Å². The number of nitrogens with one attached hydrogen (secondary N) is 2. The van der Waals surface area contributed by atoms with Crippen LogP contribution in [0.15, 0.2) is 54.6 Å². The van der Waals surface area contributed by atoms with E-state index >= 15 is 0 Å². The summed E-state index contributed by atoms with van der Waals surface area (Å²) in [6, 6.07) is 18.1. The Morgan fingerprint density at radius 2 is 1.71 bits per heavy atom. The summed E-state index contributed by atoms with van der Waals surface area (Å²) in [7, 11) is 0. The largest absolute Gasteiger partial charge is 0.350 e. The lowest BCUT2D eigenvalue weighted by Crippen LogP contribution is -2.07. The average molecular weight is 316 g/mol. The number of aryl methyl sites for hydroxylation is 1. The zero-order chi connectivity index (χ0) is 16.4. The van der Waals surface area contributed by atoms with E-state index in [0.29, 0.717) is 24.1 Å². The minimum absolute atomic E-state index is 0.549. The number of hydrogen-bond acceptors (Lipinski definition) is 5. The molecule has 2 aromatic heterocycles. The second-order valence-electron chi connectivity index (χ2n) is 5.49. The molecule has 0 atom stereocenters. The van der Waals surface area contributed by atoms with Crippen LogP contribution in [0.1, 0.15) is 11.4 Å². The molecule has 0 amide bonds. The van der Waals surface area contributed by atoms with Crippen molar-refractivity contribution in [2.24, 2.45) is 0 Å². The van der Waals surface area contributed by atoms with Crippen molar-refractivity contribution in [1.29, 1.82) is 0 Å². The van der Waals surface area contributed by atoms with Crippen LogP contribution in [0.25, 0.3) is 22.4 Å². The quantitative estimate of drug-likeness (QED) is 0.603. The van der Waals surface area contributed by atoms with Crippen molar-refractivity contribution in [3.05, 3.63) is 66.0 Å². The van der Waals surface area contributed by atoms with Gasteiger partial charge in [-0.3, -0.25) is 5.10 Å². The maximum absolute atomic E-state index is 4.53. The molecule has 0 radical (unpaired) electrons. The Morgan fingerprint density at radius 1 is 0.917 bits per heavy atom. The Morgan fingerprint density at radius 3 is 2.58 bits per heavy atom. The van der Waals surface area contributed by atoms with Gasteiger partial charge >= 0.3 is 0 Å². The molecule has 0 aliphatic rings. The summed E-state index contributed by atoms with van der Waals surface area (Å²) in [5.41, 5.74) is 2.87. The standard InChI is InChI=1S/C18H16N6/c1-12-20-17(16-14-9-5-6-10-15(14)23-24-16)22-18(21-12)19-11-13-7-3-2-4-8-13/h2-10H,11H2,1H3,(H,23,24)(H,19,20,21,22). The molecule has 6 heteroatoms. The van der Waals surface area contributed by atoms with Crippen LogP contribution in [-0.4, -0.2) is 25.1 Å². The van der Waals surface area contributed by atoms with E-state index in [1.54, 1.807) is 0 Å². The van der Waals surface area contributed by atoms with Gasteiger partial charge in [0.05, 0.1) is 5.52 Å². The number of aromatic amines is 1. The molecule has 6 nitrogen and oxygen atoms in total. The maximum atomic E-state index is 4.53. The van der Waals surface area contributed by atoms with Crippen molar-refractivity contribution in [1.82, 2.24) is 25.1 Å². The predicted molar refractivity (Wildman–Crippen MR) is 93.4 cm³/mol. The highest BCUT2D eigenvalue weighted by Crippen LogP contribution is 2.23. The van der Waals surface area contributed by atoms with Crippen molar-refractivity contribution >= 4 is 16.9 Å². The van der Waals surface area contributed by atoms with Crippen molar-refractivity contribution in [3.8, 4) is 11.5 Å². The van der Waals surface area contributed by atoms with Crippen LogP contribution in [0.2, 0.25) is 0 Å². The van der Waals surface area contributed by atoms with Crippen LogP contribution in [0.5, 0.6) is 0 Å². The number of benzene rings is 2. The Bertz CT molecular complexity index is 977. The van der Waals surface area contributed by atoms with Crippen LogP contribution in [0, 0.1) is 6.92 Å². The number of para-hydroxylation sites is 1. The summed E-state index contributed by atoms with van der Waals surface area (Å²) < 4.78 is 0. The molecule has 4 rings (SSSR count). The van der Waals surface area contributed by atoms with Gasteiger partial charge in [-0.25, -0.2) is 4.98 Å². The second kappa shape index (κ2) is 6.08. The fourth-order valence-corrected chi connectivity index (χ4v) is 2.58. The minimum atomic E-state index is 0.549. The van der Waals surface area contributed by atoms with Gasteiger partial charge in [0.25, 0.3) is 0 Å². The van der Waals surface area contributed by atoms with Gasteiger partial charge in [0.1, 0.15) is 11.5 Å². The Hall–Kier alpha value is -3.28. The second-order valence-corrected chi connectivity index (χ2v) is 5.49. The number of aromatic nitrogens is 5. The number of hydrogen-bond donors (Lipinski definition) is 2. The first-order valence-electron chi connectivity index (χ1n) is 7.73. The molecule has 2 aromatic carbocycles. The lowest BCUT2D eigenvalue weighted by atomic mass is 10.2. The van der Waals surface area contributed by atoms with E-state index < -0.39 is 0 Å². The van der Waals surface area contributed by atoms with Gasteiger partial charge in [-0.05, 0) is 18.6 Å². The summed E-state index contributed by atoms with van der Waals surface area (Å²) in [4.78, 5) is 13.3. The van der Waals surface area contributed by atoms with Crippen molar-refractivity contribution in [2.45, 2.75) is 13.5 Å². The molecule has 0 saturated carbocycles. The molecule has 0 spiro atoms. The zero-order valence-electron chi connectivity index (χ0n) is 13.2. The van der Waals surface area contributed by atoms with E-state index in [1.807, 2.05) is 49.4 Å². The molecule has 0 saturated heterocycles. The highest BCUT2D eigenvalue weighted by Gasteiger charge is 2.12. The van der Waals surface area contributed by atoms with Gasteiger partial charge in [-0.15, -0.1) is 0 Å². The average Bonchev–Trinajstić information content (AvgIpc) is 3.05. The summed E-state index contributed by atoms with van der Waals surface area (Å²) in [5, 5.41) is 11.6. The smallest absolute Gasteiger partial charge is 0.226 e. The Balaban J connectivity index is 1.66. The van der Waals surface area contributed by atoms with E-state index in [9.17, 15) is 0 Å². The van der Waals surface area contributed by atoms with Gasteiger partial charge in [-0.1, -0.05) is 48.5 Å². The molecule has 0 aliphatic heterocycles. The summed E-state index contributed by atoms with van der Waals surface area (Å²) >= 11 is 0. The molecular formula is C18H16N6. The highest BCUT2D eigenvalue weighted by atomic mass is 15.2. The van der Waals surface area contributed by atoms with Crippen LogP contribution in [0.3, 0.4) is 0 Å². The summed E-state index contributed by atoms with van der Waals surface area (Å²) in [5.74, 6) is 1.77. The first kappa shape index (κ1) is 14.3. The monoisotopic (exact) mass is 316 g/mol. The SMILES string of the molecule is Cc1nc(NCc2ccccc2)nc(-c2n[nH]c3ccccc23)n1. The van der Waals surface area contributed by atoms with E-state index in [-0.39, 0.29) is 0 Å². The third-order valence-electron chi connectivity index (χ3n) is 3.72. The number of anilines is 1. The number of nitrogens with zero attached hydrogens (tertiary/aromatic N) is 4. The number of fused-ring (bicyclic) bond motifs is 1. The molecule has 0 unspecified atom stereocenters. The molecule has 2 heterocycles. The highest BCUT2D eigenvalue weighted by molar-refractivity contribution is 5.91. The fourth-order valence-electron chi connectivity index (χ4n) is 2.58. The Kier molecular flexibility index (Phi) is 3.63. The maximum Gasteiger partial charge on any atom is 0.226 e. The third-order valence-corrected chi connectivity index (χ3v) is 3.72. The van der Waals surface area contributed by atoms with Crippen molar-refractivity contribution < 1.29 is 0 Å². The molecule has 118 valence electrons. The Labute approximate surface area is 139 Å². The van der Waals surface area contributed by atoms with E-state index in [1.165, 1.54) is 5.56 Å². The molecule has 0 bridgehead atoms. The summed E-state index contributed by atoms with van der Waals surface area (Å²) in [6.07, 6.45) is 0. The van der Waals surface area contributed by atoms with Crippen molar-refractivity contribution in [3.63, 3.8) is 0 Å². The number of H-pyrrole nitrogens is 1. The first-order valence-corrected chi connectivity index (χ1v) is 7.73. The van der Waals surface area contributed by atoms with Crippen LogP contribution in [0.4, 0.5) is 5.95 Å². The third kappa shape index (κ3) is 2.81. The van der Waals surface area contributed by atoms with Crippen LogP contribution >= 0.6 is 0 Å². The molecular weight excluding hydrogens is 300 g/mol. The molecule has 0 aliphatic carbocycles. The van der Waals surface area contributed by atoms with Crippen molar-refractivity contribution in [2.75, 3.05) is 5.32 Å². The van der Waals surface area contributed by atoms with Gasteiger partial charge in [0.2, 0.25) is 5.95 Å². The van der Waals surface area contributed by atoms with Gasteiger partial charge in [-0.2, -0.15) is 15.1 Å². The van der Waals surface area contributed by atoms with Crippen LogP contribution < -0.4 is 5.32 Å². The molecule has 2 N–H and O–H groups in total. The van der Waals surface area contributed by atoms with Gasteiger partial charge in [0.15, 0.2) is 5.82 Å². The predicted octanol–water partition coefficient (Wildman–Crippen LogP) is 3.34. The van der Waals surface area contributed by atoms with E-state index in [2.05, 4.69) is 42.6 Å².